The van der Waals surface area contributed by atoms with Crippen molar-refractivity contribution in [2.75, 3.05) is 50.7 Å². The van der Waals surface area contributed by atoms with Crippen molar-refractivity contribution in [1.29, 1.82) is 0 Å². The van der Waals surface area contributed by atoms with Crippen molar-refractivity contribution in [1.82, 2.24) is 29.3 Å². The van der Waals surface area contributed by atoms with Gasteiger partial charge in [0.1, 0.15) is 24.9 Å². The van der Waals surface area contributed by atoms with Crippen molar-refractivity contribution < 1.29 is 28.5 Å². The van der Waals surface area contributed by atoms with E-state index in [9.17, 15) is 9.59 Å². The summed E-state index contributed by atoms with van der Waals surface area (Å²) < 4.78 is 26.1. The molecule has 2 aromatic heterocycles. The molecule has 5 rings (SSSR count). The van der Waals surface area contributed by atoms with Crippen molar-refractivity contribution in [3.05, 3.63) is 25.1 Å². The minimum Gasteiger partial charge on any atom is -0.463 e. The summed E-state index contributed by atoms with van der Waals surface area (Å²) in [6.45, 7) is 10.5. The molecule has 0 aliphatic carbocycles. The minimum absolute atomic E-state index is 0. The number of amides is 1. The van der Waals surface area contributed by atoms with Crippen LogP contribution in [-0.2, 0) is 28.5 Å². The zero-order chi connectivity index (χ0) is 29.5. The number of likely N-dealkylation sites (tertiary alicyclic amines) is 1. The average Bonchev–Trinajstić information content (AvgIpc) is 3.71. The Morgan fingerprint density at radius 1 is 1.24 bits per heavy atom. The summed E-state index contributed by atoms with van der Waals surface area (Å²) in [5, 5.41) is 0. The topological polar surface area (TPSA) is 124 Å². The van der Waals surface area contributed by atoms with Crippen LogP contribution in [0.4, 0.5) is 5.82 Å². The summed E-state index contributed by atoms with van der Waals surface area (Å²) in [4.78, 5) is 45.3. The van der Waals surface area contributed by atoms with E-state index in [4.69, 9.17) is 18.9 Å². The zero-order valence-corrected chi connectivity index (χ0v) is 32.3. The molecule has 226 valence electrons. The molecule has 0 saturated carbocycles. The van der Waals surface area contributed by atoms with Crippen molar-refractivity contribution in [2.24, 2.45) is 0 Å². The smallest absolute Gasteiger partial charge is 0.328 e. The van der Waals surface area contributed by atoms with Gasteiger partial charge in [0.25, 0.3) is 5.91 Å². The predicted octanol–water partition coefficient (Wildman–Crippen LogP) is 1.80. The number of carbonyl (C=O) groups excluding carboxylic acids is 2. The number of aromatic nitrogens is 4. The van der Waals surface area contributed by atoms with Crippen molar-refractivity contribution in [3.8, 4) is 0 Å². The van der Waals surface area contributed by atoms with Crippen LogP contribution in [-0.4, -0.2) is 117 Å². The molecule has 0 spiro atoms. The second-order valence-electron chi connectivity index (χ2n) is 10.9. The summed E-state index contributed by atoms with van der Waals surface area (Å²) in [6.07, 6.45) is 2.48. The van der Waals surface area contributed by atoms with Gasteiger partial charge in [-0.3, -0.25) is 9.78 Å². The van der Waals surface area contributed by atoms with Gasteiger partial charge in [-0.15, -0.1) is 0 Å². The van der Waals surface area contributed by atoms with Gasteiger partial charge in [-0.1, -0.05) is 13.5 Å². The van der Waals surface area contributed by atoms with E-state index in [1.807, 2.05) is 26.0 Å². The van der Waals surface area contributed by atoms with Crippen molar-refractivity contribution in [2.45, 2.75) is 70.0 Å². The molecule has 3 saturated heterocycles. The fourth-order valence-electron chi connectivity index (χ4n) is 5.52. The number of hydrogen-bond acceptors (Lipinski definition) is 12. The second-order valence-corrected chi connectivity index (χ2v) is 12.3. The van der Waals surface area contributed by atoms with E-state index in [1.165, 1.54) is 0 Å². The first-order valence-corrected chi connectivity index (χ1v) is 15.0. The third-order valence-electron chi connectivity index (χ3n) is 7.54. The summed E-state index contributed by atoms with van der Waals surface area (Å²) in [5.74, 6) is 1.25. The molecule has 5 unspecified atom stereocenters. The third-order valence-corrected chi connectivity index (χ3v) is 8.41. The fourth-order valence-corrected chi connectivity index (χ4v) is 6.01. The molecule has 42 heavy (non-hydrogen) atoms. The molecular formula is C27H38N7O6RfS-. The number of fused-ring (bicyclic) bond motifs is 2. The first kappa shape index (κ1) is 31.0. The number of ether oxygens (including phenoxy) is 4. The summed E-state index contributed by atoms with van der Waals surface area (Å²) in [7, 11) is 5.61. The molecule has 0 N–H and O–H groups in total. The number of thioether (sulfide) groups is 1. The third kappa shape index (κ3) is 5.59. The van der Waals surface area contributed by atoms with Crippen LogP contribution in [0.5, 0.6) is 0 Å². The predicted molar refractivity (Wildman–Crippen MR) is 152 cm³/mol. The Bertz CT molecular complexity index is 1310. The van der Waals surface area contributed by atoms with Crippen LogP contribution in [0.2, 0.25) is 0 Å². The average molecular weight is 856 g/mol. The maximum Gasteiger partial charge on any atom is 0.328 e. The maximum absolute atomic E-state index is 13.9. The first-order valence-electron chi connectivity index (χ1n) is 13.8. The number of nitrogens with zero attached hydrogens (tertiary/aromatic N) is 7. The van der Waals surface area contributed by atoms with E-state index in [1.54, 1.807) is 46.3 Å². The van der Waals surface area contributed by atoms with Gasteiger partial charge in [0, 0.05) is 45.3 Å². The minimum atomic E-state index is -0.991. The van der Waals surface area contributed by atoms with Crippen molar-refractivity contribution in [3.63, 3.8) is 0 Å². The fraction of sp³-hybridized carbons (Fsp3) is 0.667. The molecule has 3 aliphatic heterocycles. The first-order chi connectivity index (χ1) is 19.5. The van der Waals surface area contributed by atoms with Gasteiger partial charge < -0.3 is 48.2 Å². The molecule has 0 radical (unpaired) electrons. The van der Waals surface area contributed by atoms with Crippen LogP contribution in [0, 0.1) is 6.33 Å². The van der Waals surface area contributed by atoms with Crippen LogP contribution in [0.1, 0.15) is 39.8 Å². The van der Waals surface area contributed by atoms with Gasteiger partial charge >= 0.3 is 5.97 Å². The van der Waals surface area contributed by atoms with E-state index >= 15 is 0 Å². The van der Waals surface area contributed by atoms with E-state index in [0.717, 1.165) is 11.5 Å². The van der Waals surface area contributed by atoms with E-state index in [-0.39, 0.29) is 11.9 Å². The Morgan fingerprint density at radius 3 is 2.69 bits per heavy atom. The Labute approximate surface area is 244 Å². The number of carbonyl (C=O) groups is 2. The van der Waals surface area contributed by atoms with E-state index < -0.39 is 36.4 Å². The summed E-state index contributed by atoms with van der Waals surface area (Å²) in [5.41, 5.74) is 0.983. The standard InChI is InChI=1S/C27H38N7O6S.Rf/c1-8-41-13-12-37-26(36)17-10-9-11-33(17)24(35)20-19-21(40-27(3,4)39-19)25(38-20)34-15-30-18-22(28-14-29-23(18)34)32(7)16(2)31(5)6;/h15,17,19-21,25H,2,8-13H2,1,3-7H3;/q-1;. The van der Waals surface area contributed by atoms with Crippen LogP contribution in [0.25, 0.3) is 11.2 Å². The molecular weight excluding hydrogens is 817 g/mol. The Kier molecular flexibility index (Phi) is 8.95. The van der Waals surface area contributed by atoms with Gasteiger partial charge in [-0.2, -0.15) is 11.8 Å². The van der Waals surface area contributed by atoms with Gasteiger partial charge in [0.15, 0.2) is 18.1 Å². The second kappa shape index (κ2) is 12.1. The molecule has 5 heterocycles. The Balaban J connectivity index is 0.00000405. The van der Waals surface area contributed by atoms with Crippen molar-refractivity contribution >= 4 is 40.6 Å². The molecule has 0 bridgehead atoms. The van der Waals surface area contributed by atoms with Gasteiger partial charge in [-0.25, -0.2) is 4.79 Å². The SMILES string of the molecule is C=C(N(C)C)N(C)c1n[c-]nc2c1ncn2C1OC(C(=O)N2CCCC2C(=O)OCCSCC)C2OC(C)(C)OC21.[Rf]. The van der Waals surface area contributed by atoms with Crippen LogP contribution in [0.3, 0.4) is 0 Å². The number of hydrogen-bond donors (Lipinski definition) is 0. The molecule has 3 fully saturated rings. The molecule has 0 aromatic carbocycles. The van der Waals surface area contributed by atoms with Gasteiger partial charge in [0.05, 0.1) is 23.6 Å². The van der Waals surface area contributed by atoms with Crippen LogP contribution >= 0.6 is 11.8 Å². The Hall–Kier alpha value is -3.94. The number of esters is 1. The Morgan fingerprint density at radius 2 is 1.98 bits per heavy atom. The number of rotatable bonds is 10. The maximum atomic E-state index is 13.9. The number of imidazole rings is 1. The quantitative estimate of drug-likeness (QED) is 0.197. The summed E-state index contributed by atoms with van der Waals surface area (Å²) in [6, 6.07) is -0.648. The number of anilines is 1. The van der Waals surface area contributed by atoms with Gasteiger partial charge in [-0.05, 0) is 32.4 Å². The molecule has 13 nitrogen and oxygen atoms in total. The molecule has 1 amide bonds. The largest absolute Gasteiger partial charge is 0.463 e. The van der Waals surface area contributed by atoms with Crippen LogP contribution < -0.4 is 4.90 Å². The monoisotopic (exact) mass is 855 g/mol. The van der Waals surface area contributed by atoms with Gasteiger partial charge in [0.2, 0.25) is 0 Å². The molecule has 3 aliphatic rings. The zero-order valence-electron chi connectivity index (χ0n) is 25.1. The molecule has 5 atom stereocenters. The summed E-state index contributed by atoms with van der Waals surface area (Å²) >= 11 is 1.70. The molecule has 2 aromatic rings. The van der Waals surface area contributed by atoms with E-state index in [2.05, 4.69) is 34.8 Å². The van der Waals surface area contributed by atoms with E-state index in [0.29, 0.717) is 48.8 Å². The van der Waals surface area contributed by atoms with Crippen LogP contribution in [0.15, 0.2) is 18.7 Å². The normalized spacial score (nSPS) is 26.1. The molecule has 15 heteroatoms.